The quantitative estimate of drug-likeness (QED) is 0.595. The molecule has 0 bridgehead atoms. The second-order valence-corrected chi connectivity index (χ2v) is 5.48. The van der Waals surface area contributed by atoms with E-state index in [4.69, 9.17) is 22.1 Å². The van der Waals surface area contributed by atoms with Crippen LogP contribution in [0.25, 0.3) is 0 Å². The number of unbranched alkanes of at least 4 members (excludes halogenated alkanes) is 3. The van der Waals surface area contributed by atoms with E-state index >= 15 is 0 Å². The molecular formula is C14H23ClN4O. The van der Waals surface area contributed by atoms with Gasteiger partial charge in [-0.15, -0.1) is 0 Å². The largest absolute Gasteiger partial charge is 0.393 e. The highest BCUT2D eigenvalue weighted by Gasteiger charge is 2.22. The van der Waals surface area contributed by atoms with Gasteiger partial charge in [0.1, 0.15) is 11.8 Å². The van der Waals surface area contributed by atoms with Gasteiger partial charge in [-0.1, -0.05) is 37.8 Å². The molecule has 6 heteroatoms. The molecule has 1 saturated heterocycles. The number of nitrogens with zero attached hydrogens (tertiary/aromatic N) is 2. The van der Waals surface area contributed by atoms with Crippen molar-refractivity contribution in [1.29, 1.82) is 0 Å². The molecule has 1 aliphatic heterocycles. The molecule has 1 fully saturated rings. The molecule has 1 aliphatic rings. The predicted molar refractivity (Wildman–Crippen MR) is 82.0 cm³/mol. The molecule has 0 amide bonds. The molecule has 112 valence electrons. The molecule has 2 heterocycles. The van der Waals surface area contributed by atoms with Gasteiger partial charge in [-0.2, -0.15) is 0 Å². The van der Waals surface area contributed by atoms with Crippen molar-refractivity contribution in [1.82, 2.24) is 9.97 Å². The van der Waals surface area contributed by atoms with Crippen LogP contribution in [0.4, 0.5) is 11.5 Å². The Morgan fingerprint density at radius 1 is 1.35 bits per heavy atom. The summed E-state index contributed by atoms with van der Waals surface area (Å²) in [6.07, 6.45) is 6.72. The zero-order valence-corrected chi connectivity index (χ0v) is 12.7. The number of nitrogen functional groups attached to an aromatic ring is 1. The van der Waals surface area contributed by atoms with E-state index in [-0.39, 0.29) is 6.10 Å². The summed E-state index contributed by atoms with van der Waals surface area (Å²) < 4.78 is 5.59. The molecule has 1 unspecified atom stereocenters. The number of rotatable bonds is 7. The van der Waals surface area contributed by atoms with E-state index in [1.807, 2.05) is 0 Å². The number of anilines is 2. The minimum atomic E-state index is -0.0475. The Labute approximate surface area is 125 Å². The lowest BCUT2D eigenvalue weighted by Gasteiger charge is -2.13. The Morgan fingerprint density at radius 3 is 2.90 bits per heavy atom. The first-order chi connectivity index (χ1) is 9.72. The van der Waals surface area contributed by atoms with Crippen LogP contribution in [0.5, 0.6) is 0 Å². The van der Waals surface area contributed by atoms with E-state index < -0.39 is 0 Å². The smallest absolute Gasteiger partial charge is 0.161 e. The number of nitrogens with one attached hydrogen (secondary N) is 1. The van der Waals surface area contributed by atoms with Gasteiger partial charge in [0.25, 0.3) is 0 Å². The summed E-state index contributed by atoms with van der Waals surface area (Å²) in [6, 6.07) is 0. The maximum absolute atomic E-state index is 6.09. The zero-order chi connectivity index (χ0) is 14.4. The van der Waals surface area contributed by atoms with Crippen LogP contribution in [-0.4, -0.2) is 23.1 Å². The normalized spacial score (nSPS) is 18.4. The van der Waals surface area contributed by atoms with Crippen LogP contribution in [0.1, 0.15) is 57.4 Å². The van der Waals surface area contributed by atoms with Gasteiger partial charge in [0.05, 0.1) is 0 Å². The van der Waals surface area contributed by atoms with Crippen LogP contribution in [0, 0.1) is 0 Å². The monoisotopic (exact) mass is 298 g/mol. The van der Waals surface area contributed by atoms with Gasteiger partial charge in [0.15, 0.2) is 16.8 Å². The molecule has 0 saturated carbocycles. The molecule has 1 aromatic rings. The van der Waals surface area contributed by atoms with Crippen LogP contribution in [-0.2, 0) is 4.74 Å². The minimum absolute atomic E-state index is 0.0475. The van der Waals surface area contributed by atoms with E-state index in [0.29, 0.717) is 22.5 Å². The lowest BCUT2D eigenvalue weighted by Crippen LogP contribution is -2.12. The predicted octanol–water partition coefficient (Wildman–Crippen LogP) is 3.56. The molecule has 3 N–H and O–H groups in total. The fourth-order valence-corrected chi connectivity index (χ4v) is 2.45. The average molecular weight is 299 g/mol. The third kappa shape index (κ3) is 3.96. The van der Waals surface area contributed by atoms with E-state index in [1.54, 1.807) is 0 Å². The molecule has 0 radical (unpaired) electrons. The molecule has 5 nitrogen and oxygen atoms in total. The standard InChI is InChI=1S/C14H23ClN4O/c1-2-3-4-5-8-17-14-11(16)12(15)18-13(19-14)10-7-6-9-20-10/h10H,2-9,16H2,1H3,(H,17,18,19). The average Bonchev–Trinajstić information content (AvgIpc) is 2.97. The number of nitrogens with two attached hydrogens (primary N) is 1. The Morgan fingerprint density at radius 2 is 2.20 bits per heavy atom. The number of halogens is 1. The topological polar surface area (TPSA) is 73.1 Å². The highest BCUT2D eigenvalue weighted by Crippen LogP contribution is 2.31. The van der Waals surface area contributed by atoms with E-state index in [1.165, 1.54) is 19.3 Å². The first-order valence-electron chi connectivity index (χ1n) is 7.40. The lowest BCUT2D eigenvalue weighted by molar-refractivity contribution is 0.105. The third-order valence-corrected chi connectivity index (χ3v) is 3.74. The van der Waals surface area contributed by atoms with Crippen molar-refractivity contribution in [2.75, 3.05) is 24.2 Å². The van der Waals surface area contributed by atoms with E-state index in [2.05, 4.69) is 22.2 Å². The molecule has 1 atom stereocenters. The molecule has 0 aromatic carbocycles. The molecule has 20 heavy (non-hydrogen) atoms. The van der Waals surface area contributed by atoms with Crippen LogP contribution >= 0.6 is 11.6 Å². The van der Waals surface area contributed by atoms with Crippen LogP contribution < -0.4 is 11.1 Å². The molecule has 2 rings (SSSR count). The fourth-order valence-electron chi connectivity index (χ4n) is 2.28. The zero-order valence-electron chi connectivity index (χ0n) is 12.0. The first-order valence-corrected chi connectivity index (χ1v) is 7.78. The maximum atomic E-state index is 6.09. The molecule has 0 aliphatic carbocycles. The van der Waals surface area contributed by atoms with Crippen molar-refractivity contribution in [2.45, 2.75) is 51.6 Å². The van der Waals surface area contributed by atoms with Crippen molar-refractivity contribution < 1.29 is 4.74 Å². The van der Waals surface area contributed by atoms with Gasteiger partial charge in [-0.05, 0) is 19.3 Å². The Balaban J connectivity index is 1.99. The van der Waals surface area contributed by atoms with E-state index in [0.717, 1.165) is 32.4 Å². The van der Waals surface area contributed by atoms with Crippen molar-refractivity contribution in [3.63, 3.8) is 0 Å². The van der Waals surface area contributed by atoms with Crippen LogP contribution in [0.2, 0.25) is 5.15 Å². The van der Waals surface area contributed by atoms with Crippen molar-refractivity contribution >= 4 is 23.1 Å². The maximum Gasteiger partial charge on any atom is 0.161 e. The minimum Gasteiger partial charge on any atom is -0.393 e. The van der Waals surface area contributed by atoms with Crippen LogP contribution in [0.15, 0.2) is 0 Å². The summed E-state index contributed by atoms with van der Waals surface area (Å²) in [6.45, 7) is 3.81. The molecule has 0 spiro atoms. The summed E-state index contributed by atoms with van der Waals surface area (Å²) in [5, 5.41) is 3.57. The van der Waals surface area contributed by atoms with Gasteiger partial charge < -0.3 is 15.8 Å². The Bertz CT molecular complexity index is 435. The Kier molecular flexibility index (Phi) is 5.86. The highest BCUT2D eigenvalue weighted by molar-refractivity contribution is 6.32. The summed E-state index contributed by atoms with van der Waals surface area (Å²) in [5.41, 5.74) is 6.35. The lowest BCUT2D eigenvalue weighted by atomic mass is 10.2. The second kappa shape index (κ2) is 7.64. The van der Waals surface area contributed by atoms with Crippen molar-refractivity contribution in [3.05, 3.63) is 11.0 Å². The SMILES string of the molecule is CCCCCCNc1nc(C2CCCO2)nc(Cl)c1N. The number of ether oxygens (including phenoxy) is 1. The summed E-state index contributed by atoms with van der Waals surface area (Å²) in [4.78, 5) is 8.71. The van der Waals surface area contributed by atoms with Gasteiger partial charge in [0.2, 0.25) is 0 Å². The van der Waals surface area contributed by atoms with Gasteiger partial charge in [-0.25, -0.2) is 9.97 Å². The molecule has 1 aromatic heterocycles. The van der Waals surface area contributed by atoms with Crippen LogP contribution in [0.3, 0.4) is 0 Å². The van der Waals surface area contributed by atoms with Gasteiger partial charge in [0, 0.05) is 13.2 Å². The summed E-state index contributed by atoms with van der Waals surface area (Å²) in [7, 11) is 0. The third-order valence-electron chi connectivity index (χ3n) is 3.46. The number of aromatic nitrogens is 2. The number of hydrogen-bond acceptors (Lipinski definition) is 5. The van der Waals surface area contributed by atoms with Crippen molar-refractivity contribution in [2.24, 2.45) is 0 Å². The first kappa shape index (κ1) is 15.3. The fraction of sp³-hybridized carbons (Fsp3) is 0.714. The highest BCUT2D eigenvalue weighted by atomic mass is 35.5. The summed E-state index contributed by atoms with van der Waals surface area (Å²) >= 11 is 6.09. The second-order valence-electron chi connectivity index (χ2n) is 5.12. The Hall–Kier alpha value is -1.07. The van der Waals surface area contributed by atoms with Gasteiger partial charge >= 0.3 is 0 Å². The van der Waals surface area contributed by atoms with Gasteiger partial charge in [-0.3, -0.25) is 0 Å². The molecular weight excluding hydrogens is 276 g/mol. The summed E-state index contributed by atoms with van der Waals surface area (Å²) in [5.74, 6) is 1.27. The van der Waals surface area contributed by atoms with E-state index in [9.17, 15) is 0 Å². The number of hydrogen-bond donors (Lipinski definition) is 2. The van der Waals surface area contributed by atoms with Crippen molar-refractivity contribution in [3.8, 4) is 0 Å².